The Bertz CT molecular complexity index is 1170. The van der Waals surface area contributed by atoms with Crippen molar-refractivity contribution < 1.29 is 22.7 Å². The van der Waals surface area contributed by atoms with Gasteiger partial charge in [-0.3, -0.25) is 13.7 Å². The molecule has 3 aromatic rings. The topological polar surface area (TPSA) is 85.7 Å². The summed E-state index contributed by atoms with van der Waals surface area (Å²) in [4.78, 5) is 25.1. The van der Waals surface area contributed by atoms with Gasteiger partial charge >= 0.3 is 5.97 Å². The fourth-order valence-electron chi connectivity index (χ4n) is 2.89. The lowest BCUT2D eigenvalue weighted by Crippen LogP contribution is -2.37. The summed E-state index contributed by atoms with van der Waals surface area (Å²) in [5, 5.41) is 0.550. The van der Waals surface area contributed by atoms with E-state index >= 15 is 0 Å². The van der Waals surface area contributed by atoms with Gasteiger partial charge in [-0.05, 0) is 34.1 Å². The van der Waals surface area contributed by atoms with Crippen LogP contribution in [-0.4, -0.2) is 44.8 Å². The fraction of sp³-hybridized carbons (Fsp3) is 0.158. The molecule has 0 atom stereocenters. The summed E-state index contributed by atoms with van der Waals surface area (Å²) in [5.41, 5.74) is 1.08. The van der Waals surface area contributed by atoms with Gasteiger partial charge in [-0.2, -0.15) is 0 Å². The predicted octanol–water partition coefficient (Wildman–Crippen LogP) is 3.30. The average molecular weight is 465 g/mol. The first-order valence-corrected chi connectivity index (χ1v) is 10.8. The molecule has 7 nitrogen and oxygen atoms in total. The summed E-state index contributed by atoms with van der Waals surface area (Å²) in [6.07, 6.45) is 2.41. The molecule has 0 amide bonds. The summed E-state index contributed by atoms with van der Waals surface area (Å²) in [6, 6.07) is 13.6. The molecule has 0 aliphatic carbocycles. The van der Waals surface area contributed by atoms with E-state index in [4.69, 9.17) is 4.74 Å². The molecule has 0 unspecified atom stereocenters. The van der Waals surface area contributed by atoms with Crippen LogP contribution in [0.3, 0.4) is 0 Å². The molecule has 2 aromatic carbocycles. The van der Waals surface area contributed by atoms with Crippen molar-refractivity contribution in [3.05, 3.63) is 64.8 Å². The summed E-state index contributed by atoms with van der Waals surface area (Å²) in [6.45, 7) is -0.430. The third-order valence-corrected chi connectivity index (χ3v) is 5.98. The number of carbonyl (C=O) groups is 2. The molecule has 9 heteroatoms. The standard InChI is InChI=1S/C19H17BrN2O5S/c1-27-19(24)14-11-21(16-9-5-3-7-13(14)16)18(23)12-22(28(2,25)26)17-10-6-4-8-15(17)20/h3-11H,12H2,1-2H3. The SMILES string of the molecule is COC(=O)c1cn(C(=O)CN(c2ccccc2Br)S(C)(=O)=O)c2ccccc12. The number of hydrogen-bond acceptors (Lipinski definition) is 5. The van der Waals surface area contributed by atoms with Crippen LogP contribution in [0.2, 0.25) is 0 Å². The quantitative estimate of drug-likeness (QED) is 0.540. The van der Waals surface area contributed by atoms with E-state index in [0.29, 0.717) is 21.1 Å². The zero-order valence-corrected chi connectivity index (χ0v) is 17.5. The molecular weight excluding hydrogens is 448 g/mol. The molecular formula is C19H17BrN2O5S. The maximum absolute atomic E-state index is 13.0. The van der Waals surface area contributed by atoms with Crippen molar-refractivity contribution in [1.29, 1.82) is 0 Å². The minimum atomic E-state index is -3.73. The second-order valence-electron chi connectivity index (χ2n) is 6.04. The van der Waals surface area contributed by atoms with Gasteiger partial charge in [0.2, 0.25) is 10.0 Å². The number of esters is 1. The third kappa shape index (κ3) is 3.81. The molecule has 0 fully saturated rings. The van der Waals surface area contributed by atoms with E-state index in [1.807, 2.05) is 0 Å². The first kappa shape index (κ1) is 20.1. The smallest absolute Gasteiger partial charge is 0.340 e. The number of methoxy groups -OCH3 is 1. The van der Waals surface area contributed by atoms with E-state index in [2.05, 4.69) is 15.9 Å². The Hall–Kier alpha value is -2.65. The van der Waals surface area contributed by atoms with Gasteiger partial charge in [0.05, 0.1) is 30.1 Å². The van der Waals surface area contributed by atoms with E-state index in [9.17, 15) is 18.0 Å². The number of ether oxygens (including phenoxy) is 1. The van der Waals surface area contributed by atoms with Crippen LogP contribution in [0, 0.1) is 0 Å². The highest BCUT2D eigenvalue weighted by molar-refractivity contribution is 9.10. The van der Waals surface area contributed by atoms with Crippen LogP contribution >= 0.6 is 15.9 Å². The Kier molecular flexibility index (Phi) is 5.57. The van der Waals surface area contributed by atoms with Crippen LogP contribution in [0.25, 0.3) is 10.9 Å². The molecule has 28 heavy (non-hydrogen) atoms. The molecule has 1 aromatic heterocycles. The Morgan fingerprint density at radius 2 is 1.75 bits per heavy atom. The zero-order chi connectivity index (χ0) is 20.5. The van der Waals surface area contributed by atoms with Gasteiger partial charge in [0.15, 0.2) is 0 Å². The molecule has 0 aliphatic heterocycles. The van der Waals surface area contributed by atoms with Gasteiger partial charge < -0.3 is 4.74 Å². The Morgan fingerprint density at radius 3 is 2.39 bits per heavy atom. The van der Waals surface area contributed by atoms with Crippen molar-refractivity contribution in [2.75, 3.05) is 24.2 Å². The Balaban J connectivity index is 2.07. The first-order valence-electron chi connectivity index (χ1n) is 8.18. The molecule has 0 aliphatic rings. The van der Waals surface area contributed by atoms with Gasteiger partial charge in [0.25, 0.3) is 5.91 Å². The predicted molar refractivity (Wildman–Crippen MR) is 110 cm³/mol. The van der Waals surface area contributed by atoms with Gasteiger partial charge in [-0.25, -0.2) is 13.2 Å². The lowest BCUT2D eigenvalue weighted by Gasteiger charge is -2.23. The lowest BCUT2D eigenvalue weighted by molar-refractivity contribution is 0.0603. The fourth-order valence-corrected chi connectivity index (χ4v) is 4.37. The van der Waals surface area contributed by atoms with Crippen molar-refractivity contribution in [2.45, 2.75) is 0 Å². The van der Waals surface area contributed by atoms with Gasteiger partial charge in [0.1, 0.15) is 6.54 Å². The number of sulfonamides is 1. The van der Waals surface area contributed by atoms with E-state index < -0.39 is 28.4 Å². The summed E-state index contributed by atoms with van der Waals surface area (Å²) in [5.74, 6) is -1.08. The van der Waals surface area contributed by atoms with E-state index in [-0.39, 0.29) is 5.56 Å². The van der Waals surface area contributed by atoms with Gasteiger partial charge in [-0.15, -0.1) is 0 Å². The molecule has 146 valence electrons. The van der Waals surface area contributed by atoms with Crippen LogP contribution < -0.4 is 4.31 Å². The number of aromatic nitrogens is 1. The number of halogens is 1. The minimum absolute atomic E-state index is 0.234. The number of fused-ring (bicyclic) bond motifs is 1. The van der Waals surface area contributed by atoms with Crippen molar-refractivity contribution in [2.24, 2.45) is 0 Å². The zero-order valence-electron chi connectivity index (χ0n) is 15.1. The van der Waals surface area contributed by atoms with Gasteiger partial charge in [-0.1, -0.05) is 30.3 Å². The first-order chi connectivity index (χ1) is 13.2. The highest BCUT2D eigenvalue weighted by Crippen LogP contribution is 2.28. The van der Waals surface area contributed by atoms with Crippen LogP contribution in [0.15, 0.2) is 59.2 Å². The highest BCUT2D eigenvalue weighted by Gasteiger charge is 2.25. The molecule has 0 saturated carbocycles. The maximum Gasteiger partial charge on any atom is 0.340 e. The number of benzene rings is 2. The second-order valence-corrected chi connectivity index (χ2v) is 8.80. The second kappa shape index (κ2) is 7.76. The van der Waals surface area contributed by atoms with E-state index in [1.54, 1.807) is 48.5 Å². The van der Waals surface area contributed by atoms with E-state index in [0.717, 1.165) is 10.6 Å². The van der Waals surface area contributed by atoms with Crippen molar-refractivity contribution >= 4 is 54.4 Å². The summed E-state index contributed by atoms with van der Waals surface area (Å²) < 4.78 is 32.3. The number of para-hydroxylation sites is 2. The monoisotopic (exact) mass is 464 g/mol. The van der Waals surface area contributed by atoms with Crippen LogP contribution in [-0.2, 0) is 14.8 Å². The van der Waals surface area contributed by atoms with Crippen molar-refractivity contribution in [3.63, 3.8) is 0 Å². The molecule has 0 spiro atoms. The van der Waals surface area contributed by atoms with Crippen LogP contribution in [0.4, 0.5) is 5.69 Å². The van der Waals surface area contributed by atoms with Crippen LogP contribution in [0.5, 0.6) is 0 Å². The van der Waals surface area contributed by atoms with Crippen molar-refractivity contribution in [3.8, 4) is 0 Å². The number of hydrogen-bond donors (Lipinski definition) is 0. The number of rotatable bonds is 5. The van der Waals surface area contributed by atoms with Crippen molar-refractivity contribution in [1.82, 2.24) is 4.57 Å². The molecule has 0 saturated heterocycles. The largest absolute Gasteiger partial charge is 0.465 e. The van der Waals surface area contributed by atoms with Gasteiger partial charge in [0, 0.05) is 16.1 Å². The number of nitrogens with zero attached hydrogens (tertiary/aromatic N) is 2. The number of anilines is 1. The van der Waals surface area contributed by atoms with Crippen LogP contribution in [0.1, 0.15) is 15.2 Å². The molecule has 1 heterocycles. The minimum Gasteiger partial charge on any atom is -0.465 e. The average Bonchev–Trinajstić information content (AvgIpc) is 3.05. The molecule has 0 radical (unpaired) electrons. The Morgan fingerprint density at radius 1 is 1.11 bits per heavy atom. The lowest BCUT2D eigenvalue weighted by atomic mass is 10.2. The molecule has 0 N–H and O–H groups in total. The summed E-state index contributed by atoms with van der Waals surface area (Å²) in [7, 11) is -2.47. The highest BCUT2D eigenvalue weighted by atomic mass is 79.9. The summed E-state index contributed by atoms with van der Waals surface area (Å²) >= 11 is 3.32. The molecule has 3 rings (SSSR count). The van der Waals surface area contributed by atoms with E-state index in [1.165, 1.54) is 17.9 Å². The maximum atomic E-state index is 13.0. The molecule has 0 bridgehead atoms. The Labute approximate surface area is 170 Å². The number of carbonyl (C=O) groups excluding carboxylic acids is 2. The normalized spacial score (nSPS) is 11.4. The third-order valence-electron chi connectivity index (χ3n) is 4.19.